The molecule has 0 fully saturated rings. The number of carbonyl (C=O) groups excluding carboxylic acids is 1. The zero-order valence-corrected chi connectivity index (χ0v) is 15.2. The van der Waals surface area contributed by atoms with Gasteiger partial charge in [0.25, 0.3) is 15.0 Å². The molecule has 0 atom stereocenters. The summed E-state index contributed by atoms with van der Waals surface area (Å²) < 4.78 is 22.9. The number of amides is 1. The van der Waals surface area contributed by atoms with E-state index in [4.69, 9.17) is 33.9 Å². The van der Waals surface area contributed by atoms with Crippen LogP contribution >= 0.6 is 33.9 Å². The topological polar surface area (TPSA) is 54.5 Å². The Hall–Kier alpha value is -0.490. The summed E-state index contributed by atoms with van der Waals surface area (Å²) in [4.78, 5) is 13.5. The largest absolute Gasteiger partial charge is 0.341 e. The average molecular weight is 373 g/mol. The van der Waals surface area contributed by atoms with Gasteiger partial charge in [-0.05, 0) is 17.5 Å². The molecule has 0 saturated carbocycles. The molecule has 0 aromatic heterocycles. The van der Waals surface area contributed by atoms with Crippen LogP contribution in [0.4, 0.5) is 0 Å². The van der Waals surface area contributed by atoms with E-state index < -0.39 is 15.0 Å². The monoisotopic (exact) mass is 371 g/mol. The summed E-state index contributed by atoms with van der Waals surface area (Å²) in [5.41, 5.74) is -0.0583. The molecular weight excluding hydrogens is 357 g/mol. The second kappa shape index (κ2) is 6.32. The first kappa shape index (κ1) is 18.6. The molecule has 21 heavy (non-hydrogen) atoms. The lowest BCUT2D eigenvalue weighted by molar-refractivity contribution is 0.0745. The lowest BCUT2D eigenvalue weighted by atomic mass is 9.96. The molecule has 0 unspecified atom stereocenters. The van der Waals surface area contributed by atoms with Crippen LogP contribution in [0.15, 0.2) is 17.0 Å². The normalized spacial score (nSPS) is 12.3. The molecule has 118 valence electrons. The summed E-state index contributed by atoms with van der Waals surface area (Å²) in [6.07, 6.45) is 0. The van der Waals surface area contributed by atoms with Crippen LogP contribution in [0.5, 0.6) is 0 Å². The van der Waals surface area contributed by atoms with Gasteiger partial charge in [0.1, 0.15) is 4.90 Å². The molecule has 0 radical (unpaired) electrons. The molecule has 0 heterocycles. The fraction of sp³-hybridized carbons (Fsp3) is 0.462. The number of hydrogen-bond donors (Lipinski definition) is 0. The number of benzene rings is 1. The minimum absolute atomic E-state index is 0.0482. The van der Waals surface area contributed by atoms with Crippen molar-refractivity contribution in [3.8, 4) is 0 Å². The third kappa shape index (κ3) is 5.02. The van der Waals surface area contributed by atoms with E-state index in [0.29, 0.717) is 6.54 Å². The molecule has 8 heteroatoms. The molecule has 0 saturated heterocycles. The molecule has 0 bridgehead atoms. The van der Waals surface area contributed by atoms with Gasteiger partial charge < -0.3 is 4.90 Å². The molecular formula is C13H16Cl3NO3S. The summed E-state index contributed by atoms with van der Waals surface area (Å²) in [5, 5.41) is -0.0418. The van der Waals surface area contributed by atoms with Gasteiger partial charge in [0.2, 0.25) is 0 Å². The van der Waals surface area contributed by atoms with E-state index in [1.54, 1.807) is 7.05 Å². The van der Waals surface area contributed by atoms with Crippen molar-refractivity contribution in [2.24, 2.45) is 5.41 Å². The Kier molecular flexibility index (Phi) is 5.59. The Morgan fingerprint density at radius 3 is 2.14 bits per heavy atom. The average Bonchev–Trinajstić information content (AvgIpc) is 2.23. The highest BCUT2D eigenvalue weighted by atomic mass is 35.7. The van der Waals surface area contributed by atoms with Crippen LogP contribution in [-0.4, -0.2) is 32.8 Å². The Bertz CT molecular complexity index is 666. The van der Waals surface area contributed by atoms with Crippen molar-refractivity contribution in [3.05, 3.63) is 27.7 Å². The van der Waals surface area contributed by atoms with Crippen molar-refractivity contribution in [1.29, 1.82) is 0 Å². The Balaban J connectivity index is 3.28. The van der Waals surface area contributed by atoms with Crippen molar-refractivity contribution in [2.45, 2.75) is 25.7 Å². The number of halogens is 3. The number of rotatable bonds is 3. The summed E-state index contributed by atoms with van der Waals surface area (Å²) >= 11 is 11.8. The third-order valence-corrected chi connectivity index (χ3v) is 4.67. The minimum atomic E-state index is -4.06. The van der Waals surface area contributed by atoms with Gasteiger partial charge in [-0.2, -0.15) is 0 Å². The predicted molar refractivity (Wildman–Crippen MR) is 85.9 cm³/mol. The predicted octanol–water partition coefficient (Wildman–Crippen LogP) is 4.04. The van der Waals surface area contributed by atoms with E-state index in [1.807, 2.05) is 20.8 Å². The summed E-state index contributed by atoms with van der Waals surface area (Å²) in [7, 11) is 2.86. The van der Waals surface area contributed by atoms with Gasteiger partial charge in [0, 0.05) is 24.3 Å². The summed E-state index contributed by atoms with van der Waals surface area (Å²) in [6.45, 7) is 6.42. The van der Waals surface area contributed by atoms with Gasteiger partial charge in [0.15, 0.2) is 0 Å². The zero-order valence-electron chi connectivity index (χ0n) is 12.1. The summed E-state index contributed by atoms with van der Waals surface area (Å²) in [6, 6.07) is 2.31. The van der Waals surface area contributed by atoms with E-state index in [1.165, 1.54) is 11.0 Å². The van der Waals surface area contributed by atoms with Gasteiger partial charge in [-0.25, -0.2) is 8.42 Å². The van der Waals surface area contributed by atoms with E-state index in [0.717, 1.165) is 6.07 Å². The van der Waals surface area contributed by atoms with Gasteiger partial charge in [0.05, 0.1) is 15.6 Å². The first-order valence-electron chi connectivity index (χ1n) is 6.02. The maximum atomic E-state index is 12.4. The molecule has 1 rings (SSSR count). The third-order valence-electron chi connectivity index (χ3n) is 2.57. The first-order chi connectivity index (χ1) is 9.33. The van der Waals surface area contributed by atoms with E-state index in [-0.39, 0.29) is 25.9 Å². The van der Waals surface area contributed by atoms with Gasteiger partial charge in [-0.3, -0.25) is 4.79 Å². The second-order valence-corrected chi connectivity index (χ2v) is 9.27. The maximum Gasteiger partial charge on any atom is 0.262 e. The van der Waals surface area contributed by atoms with Crippen molar-refractivity contribution < 1.29 is 13.2 Å². The molecule has 0 spiro atoms. The number of carbonyl (C=O) groups is 1. The fourth-order valence-electron chi connectivity index (χ4n) is 1.87. The molecule has 1 amide bonds. The molecule has 0 N–H and O–H groups in total. The molecule has 0 aliphatic carbocycles. The van der Waals surface area contributed by atoms with Crippen LogP contribution in [0, 0.1) is 5.41 Å². The highest BCUT2D eigenvalue weighted by Crippen LogP contribution is 2.31. The van der Waals surface area contributed by atoms with E-state index >= 15 is 0 Å². The zero-order chi connectivity index (χ0) is 16.6. The SMILES string of the molecule is CN(CC(C)(C)C)C(=O)c1cc(S(=O)(=O)Cl)c(Cl)cc1Cl. The maximum absolute atomic E-state index is 12.4. The van der Waals surface area contributed by atoms with E-state index in [9.17, 15) is 13.2 Å². The number of hydrogen-bond acceptors (Lipinski definition) is 3. The lowest BCUT2D eigenvalue weighted by Gasteiger charge is -2.27. The highest BCUT2D eigenvalue weighted by molar-refractivity contribution is 8.13. The van der Waals surface area contributed by atoms with Gasteiger partial charge in [-0.1, -0.05) is 44.0 Å². The molecule has 4 nitrogen and oxygen atoms in total. The smallest absolute Gasteiger partial charge is 0.262 e. The lowest BCUT2D eigenvalue weighted by Crippen LogP contribution is -2.34. The Morgan fingerprint density at radius 1 is 1.19 bits per heavy atom. The van der Waals surface area contributed by atoms with Crippen LogP contribution in [-0.2, 0) is 9.05 Å². The number of nitrogens with zero attached hydrogens (tertiary/aromatic N) is 1. The van der Waals surface area contributed by atoms with E-state index in [2.05, 4.69) is 0 Å². The van der Waals surface area contributed by atoms with Gasteiger partial charge >= 0.3 is 0 Å². The Morgan fingerprint density at radius 2 is 1.71 bits per heavy atom. The van der Waals surface area contributed by atoms with Crippen molar-refractivity contribution >= 4 is 48.8 Å². The Labute approximate surface area is 139 Å². The van der Waals surface area contributed by atoms with Crippen molar-refractivity contribution in [2.75, 3.05) is 13.6 Å². The molecule has 0 aliphatic rings. The first-order valence-corrected chi connectivity index (χ1v) is 9.08. The van der Waals surface area contributed by atoms with Gasteiger partial charge in [-0.15, -0.1) is 0 Å². The minimum Gasteiger partial charge on any atom is -0.341 e. The van der Waals surface area contributed by atoms with Crippen molar-refractivity contribution in [3.63, 3.8) is 0 Å². The van der Waals surface area contributed by atoms with Crippen LogP contribution in [0.25, 0.3) is 0 Å². The summed E-state index contributed by atoms with van der Waals surface area (Å²) in [5.74, 6) is -0.395. The highest BCUT2D eigenvalue weighted by Gasteiger charge is 2.24. The second-order valence-electron chi connectivity index (χ2n) is 5.92. The van der Waals surface area contributed by atoms with Crippen molar-refractivity contribution in [1.82, 2.24) is 4.90 Å². The molecule has 1 aromatic rings. The molecule has 1 aromatic carbocycles. The standard InChI is InChI=1S/C13H16Cl3NO3S/c1-13(2,3)7-17(4)12(18)8-5-11(21(16,19)20)10(15)6-9(8)14/h5-6H,7H2,1-4H3. The van der Waals surface area contributed by atoms with Crippen LogP contribution in [0.3, 0.4) is 0 Å². The molecule has 0 aliphatic heterocycles. The van der Waals surface area contributed by atoms with Crippen LogP contribution in [0.1, 0.15) is 31.1 Å². The van der Waals surface area contributed by atoms with Crippen LogP contribution in [0.2, 0.25) is 10.0 Å². The quantitative estimate of drug-likeness (QED) is 0.752. The fourth-order valence-corrected chi connectivity index (χ4v) is 3.69. The van der Waals surface area contributed by atoms with Crippen LogP contribution < -0.4 is 0 Å².